The van der Waals surface area contributed by atoms with E-state index >= 15 is 0 Å². The zero-order chi connectivity index (χ0) is 22.8. The summed E-state index contributed by atoms with van der Waals surface area (Å²) in [7, 11) is 5.84. The smallest absolute Gasteiger partial charge is 0.170 e. The lowest BCUT2D eigenvalue weighted by atomic mass is 9.97. The number of benzene rings is 1. The highest BCUT2D eigenvalue weighted by atomic mass is 32.1. The number of anilines is 1. The maximum Gasteiger partial charge on any atom is 0.170 e. The summed E-state index contributed by atoms with van der Waals surface area (Å²) in [6, 6.07) is 17.0. The fourth-order valence-electron chi connectivity index (χ4n) is 4.56. The van der Waals surface area contributed by atoms with Crippen molar-refractivity contribution in [2.24, 2.45) is 0 Å². The van der Waals surface area contributed by atoms with Gasteiger partial charge in [-0.3, -0.25) is 4.98 Å². The fraction of sp³-hybridized carbons (Fsp3) is 0.360. The second-order valence-corrected chi connectivity index (χ2v) is 8.77. The fourth-order valence-corrected chi connectivity index (χ4v) is 4.89. The summed E-state index contributed by atoms with van der Waals surface area (Å²) in [5.41, 5.74) is 6.98. The Hall–Kier alpha value is -2.90. The Morgan fingerprint density at radius 2 is 1.88 bits per heavy atom. The van der Waals surface area contributed by atoms with Crippen molar-refractivity contribution in [2.45, 2.75) is 25.9 Å². The van der Waals surface area contributed by atoms with Gasteiger partial charge in [-0.05, 0) is 74.1 Å². The van der Waals surface area contributed by atoms with E-state index < -0.39 is 0 Å². The van der Waals surface area contributed by atoms with E-state index in [0.29, 0.717) is 6.61 Å². The molecule has 0 saturated carbocycles. The van der Waals surface area contributed by atoms with Gasteiger partial charge in [-0.1, -0.05) is 6.07 Å². The number of nitrogens with zero attached hydrogens (tertiary/aromatic N) is 4. The number of ether oxygens (including phenoxy) is 1. The maximum atomic E-state index is 5.74. The summed E-state index contributed by atoms with van der Waals surface area (Å²) >= 11 is 5.74. The van der Waals surface area contributed by atoms with Gasteiger partial charge in [0.15, 0.2) is 5.11 Å². The summed E-state index contributed by atoms with van der Waals surface area (Å²) in [5.74, 6) is 0. The van der Waals surface area contributed by atoms with Crippen molar-refractivity contribution in [3.63, 3.8) is 0 Å². The predicted octanol–water partition coefficient (Wildman–Crippen LogP) is 4.17. The highest BCUT2D eigenvalue weighted by Gasteiger charge is 2.41. The third-order valence-electron chi connectivity index (χ3n) is 6.15. The maximum absolute atomic E-state index is 5.74. The van der Waals surface area contributed by atoms with Crippen LogP contribution in [0.15, 0.2) is 54.7 Å². The molecule has 3 heterocycles. The normalized spacial score (nSPS) is 18.2. The Morgan fingerprint density at radius 3 is 2.50 bits per heavy atom. The molecule has 0 unspecified atom stereocenters. The van der Waals surface area contributed by atoms with Crippen molar-refractivity contribution in [3.8, 4) is 5.69 Å². The zero-order valence-electron chi connectivity index (χ0n) is 19.4. The molecule has 0 aliphatic carbocycles. The summed E-state index contributed by atoms with van der Waals surface area (Å²) in [6.45, 7) is 5.68. The topological polar surface area (TPSA) is 45.6 Å². The molecule has 1 fully saturated rings. The largest absolute Gasteiger partial charge is 0.383 e. The Kier molecular flexibility index (Phi) is 6.48. The second-order valence-electron chi connectivity index (χ2n) is 8.39. The van der Waals surface area contributed by atoms with Crippen molar-refractivity contribution in [1.29, 1.82) is 0 Å². The first-order valence-corrected chi connectivity index (χ1v) is 11.3. The van der Waals surface area contributed by atoms with Crippen molar-refractivity contribution in [1.82, 2.24) is 19.8 Å². The lowest BCUT2D eigenvalue weighted by Crippen LogP contribution is -2.32. The zero-order valence-corrected chi connectivity index (χ0v) is 20.2. The van der Waals surface area contributed by atoms with Gasteiger partial charge in [0.25, 0.3) is 0 Å². The molecule has 2 aromatic heterocycles. The molecule has 168 valence electrons. The van der Waals surface area contributed by atoms with Gasteiger partial charge in [-0.25, -0.2) is 0 Å². The minimum absolute atomic E-state index is 0.0226. The molecule has 1 aliphatic rings. The SMILES string of the molecule is COCCN1C(=S)N[C@@H](c2ccccn2)[C@H]1c1cc(C)n(-c2ccc(N(C)C)cc2)c1C. The van der Waals surface area contributed by atoms with Crippen LogP contribution in [0, 0.1) is 13.8 Å². The van der Waals surface area contributed by atoms with Gasteiger partial charge in [-0.2, -0.15) is 0 Å². The number of aryl methyl sites for hydroxylation is 1. The van der Waals surface area contributed by atoms with E-state index in [1.807, 2.05) is 18.3 Å². The Labute approximate surface area is 195 Å². The van der Waals surface area contributed by atoms with Crippen molar-refractivity contribution in [2.75, 3.05) is 39.3 Å². The first-order chi connectivity index (χ1) is 15.4. The average molecular weight is 450 g/mol. The van der Waals surface area contributed by atoms with E-state index in [9.17, 15) is 0 Å². The number of methoxy groups -OCH3 is 1. The third-order valence-corrected chi connectivity index (χ3v) is 6.50. The van der Waals surface area contributed by atoms with Crippen LogP contribution in [0.2, 0.25) is 0 Å². The van der Waals surface area contributed by atoms with E-state index in [0.717, 1.165) is 23.0 Å². The minimum atomic E-state index is -0.0226. The van der Waals surface area contributed by atoms with Gasteiger partial charge in [0, 0.05) is 56.7 Å². The lowest BCUT2D eigenvalue weighted by Gasteiger charge is -2.28. The second kappa shape index (κ2) is 9.30. The van der Waals surface area contributed by atoms with Gasteiger partial charge in [0.1, 0.15) is 0 Å². The monoisotopic (exact) mass is 449 g/mol. The molecule has 4 rings (SSSR count). The molecule has 0 spiro atoms. The summed E-state index contributed by atoms with van der Waals surface area (Å²) in [6.07, 6.45) is 1.84. The van der Waals surface area contributed by atoms with Crippen LogP contribution in [-0.4, -0.2) is 53.9 Å². The molecule has 3 aromatic rings. The highest BCUT2D eigenvalue weighted by molar-refractivity contribution is 7.80. The molecule has 0 bridgehead atoms. The van der Waals surface area contributed by atoms with Crippen LogP contribution < -0.4 is 10.2 Å². The number of hydrogen-bond acceptors (Lipinski definition) is 4. The van der Waals surface area contributed by atoms with Gasteiger partial charge >= 0.3 is 0 Å². The van der Waals surface area contributed by atoms with Crippen LogP contribution in [-0.2, 0) is 4.74 Å². The van der Waals surface area contributed by atoms with Crippen LogP contribution in [0.25, 0.3) is 5.69 Å². The molecular formula is C25H31N5OS. The van der Waals surface area contributed by atoms with E-state index in [-0.39, 0.29) is 12.1 Å². The summed E-state index contributed by atoms with van der Waals surface area (Å²) in [5, 5.41) is 4.26. The molecule has 32 heavy (non-hydrogen) atoms. The number of aromatic nitrogens is 2. The van der Waals surface area contributed by atoms with Crippen LogP contribution in [0.5, 0.6) is 0 Å². The van der Waals surface area contributed by atoms with Crippen LogP contribution in [0.3, 0.4) is 0 Å². The van der Waals surface area contributed by atoms with Crippen LogP contribution in [0.1, 0.15) is 34.7 Å². The molecular weight excluding hydrogens is 418 g/mol. The molecule has 1 N–H and O–H groups in total. The van der Waals surface area contributed by atoms with Gasteiger partial charge in [-0.15, -0.1) is 0 Å². The molecule has 1 aliphatic heterocycles. The van der Waals surface area contributed by atoms with Gasteiger partial charge in [0.2, 0.25) is 0 Å². The molecule has 2 atom stereocenters. The number of nitrogens with one attached hydrogen (secondary N) is 1. The molecule has 7 heteroatoms. The van der Waals surface area contributed by atoms with Crippen molar-refractivity contribution in [3.05, 3.63) is 77.4 Å². The molecule has 1 saturated heterocycles. The summed E-state index contributed by atoms with van der Waals surface area (Å²) < 4.78 is 7.70. The summed E-state index contributed by atoms with van der Waals surface area (Å²) in [4.78, 5) is 8.98. The molecule has 6 nitrogen and oxygen atoms in total. The lowest BCUT2D eigenvalue weighted by molar-refractivity contribution is 0.164. The first kappa shape index (κ1) is 22.3. The number of thiocarbonyl (C=S) groups is 1. The van der Waals surface area contributed by atoms with Crippen molar-refractivity contribution >= 4 is 23.0 Å². The minimum Gasteiger partial charge on any atom is -0.383 e. The third kappa shape index (κ3) is 4.10. The quantitative estimate of drug-likeness (QED) is 0.546. The number of hydrogen-bond donors (Lipinski definition) is 1. The van der Waals surface area contributed by atoms with E-state index in [1.54, 1.807) is 7.11 Å². The van der Waals surface area contributed by atoms with Crippen LogP contribution >= 0.6 is 12.2 Å². The van der Waals surface area contributed by atoms with Gasteiger partial charge < -0.3 is 24.4 Å². The number of pyridine rings is 1. The highest BCUT2D eigenvalue weighted by Crippen LogP contribution is 2.41. The van der Waals surface area contributed by atoms with E-state index in [2.05, 4.69) is 89.0 Å². The van der Waals surface area contributed by atoms with E-state index in [4.69, 9.17) is 17.0 Å². The molecule has 0 radical (unpaired) electrons. The van der Waals surface area contributed by atoms with Crippen LogP contribution in [0.4, 0.5) is 5.69 Å². The van der Waals surface area contributed by atoms with E-state index in [1.165, 1.54) is 22.6 Å². The van der Waals surface area contributed by atoms with Crippen molar-refractivity contribution < 1.29 is 4.74 Å². The Balaban J connectivity index is 1.78. The predicted molar refractivity (Wildman–Crippen MR) is 134 cm³/mol. The van der Waals surface area contributed by atoms with Gasteiger partial charge in [0.05, 0.1) is 24.4 Å². The Morgan fingerprint density at radius 1 is 1.12 bits per heavy atom. The standard InChI is InChI=1S/C25H31N5OS/c1-17-16-21(18(2)30(17)20-11-9-19(10-12-20)28(3)4)24-23(22-8-6-7-13-26-22)27-25(32)29(24)14-15-31-5/h6-13,16,23-24H,14-15H2,1-5H3,(H,27,32)/t23-,24+/m0/s1. The first-order valence-electron chi connectivity index (χ1n) is 10.9. The molecule has 0 amide bonds. The number of rotatable bonds is 7. The molecule has 1 aromatic carbocycles. The average Bonchev–Trinajstić information content (AvgIpc) is 3.27. The Bertz CT molecular complexity index is 1080.